The minimum absolute atomic E-state index is 0.0716. The first kappa shape index (κ1) is 23.2. The predicted molar refractivity (Wildman–Crippen MR) is 122 cm³/mol. The van der Waals surface area contributed by atoms with Crippen molar-refractivity contribution >= 4 is 11.8 Å². The highest BCUT2D eigenvalue weighted by Gasteiger charge is 2.37. The number of hydrogen-bond donors (Lipinski definition) is 1. The molecule has 1 N–H and O–H groups in total. The second kappa shape index (κ2) is 11.8. The Balaban J connectivity index is 1.21. The van der Waals surface area contributed by atoms with Gasteiger partial charge >= 0.3 is 0 Å². The number of rotatable bonds is 10. The maximum Gasteiger partial charge on any atom is 0.246 e. The van der Waals surface area contributed by atoms with E-state index in [1.165, 1.54) is 0 Å². The molecular weight excluding hydrogens is 406 g/mol. The Morgan fingerprint density at radius 2 is 1.69 bits per heavy atom. The maximum absolute atomic E-state index is 12.4. The fourth-order valence-corrected chi connectivity index (χ4v) is 4.90. The molecule has 7 nitrogen and oxygen atoms in total. The highest BCUT2D eigenvalue weighted by molar-refractivity contribution is 5.81. The van der Waals surface area contributed by atoms with Crippen LogP contribution in [0.15, 0.2) is 30.3 Å². The lowest BCUT2D eigenvalue weighted by Gasteiger charge is -2.43. The summed E-state index contributed by atoms with van der Waals surface area (Å²) in [6.45, 7) is 5.30. The molecule has 2 aliphatic heterocycles. The zero-order valence-corrected chi connectivity index (χ0v) is 19.0. The van der Waals surface area contributed by atoms with Crippen molar-refractivity contribution < 1.29 is 19.1 Å². The van der Waals surface area contributed by atoms with Crippen molar-refractivity contribution in [2.24, 2.45) is 5.92 Å². The third kappa shape index (κ3) is 6.77. The van der Waals surface area contributed by atoms with Crippen LogP contribution in [0.1, 0.15) is 44.1 Å². The number of likely N-dealkylation sites (tertiary alicyclic amines) is 1. The van der Waals surface area contributed by atoms with Gasteiger partial charge in [0.25, 0.3) is 0 Å². The van der Waals surface area contributed by atoms with Crippen LogP contribution in [-0.4, -0.2) is 79.7 Å². The number of carbonyl (C=O) groups excluding carboxylic acids is 2. The van der Waals surface area contributed by atoms with E-state index < -0.39 is 0 Å². The van der Waals surface area contributed by atoms with Crippen molar-refractivity contribution in [1.29, 1.82) is 0 Å². The third-order valence-corrected chi connectivity index (χ3v) is 6.87. The molecule has 0 aromatic heterocycles. The van der Waals surface area contributed by atoms with Crippen LogP contribution in [-0.2, 0) is 25.7 Å². The van der Waals surface area contributed by atoms with Gasteiger partial charge in [0.15, 0.2) is 0 Å². The summed E-state index contributed by atoms with van der Waals surface area (Å²) in [5.74, 6) is 0.596. The first-order chi connectivity index (χ1) is 15.7. The van der Waals surface area contributed by atoms with E-state index in [-0.39, 0.29) is 12.5 Å². The van der Waals surface area contributed by atoms with Crippen molar-refractivity contribution in [2.75, 3.05) is 46.0 Å². The molecule has 1 aromatic carbocycles. The number of nitrogens with one attached hydrogen (secondary N) is 1. The zero-order valence-electron chi connectivity index (χ0n) is 19.0. The molecule has 2 amide bonds. The van der Waals surface area contributed by atoms with Crippen LogP contribution in [0.25, 0.3) is 0 Å². The molecule has 1 saturated carbocycles. The Labute approximate surface area is 191 Å². The van der Waals surface area contributed by atoms with Gasteiger partial charge in [-0.15, -0.1) is 0 Å². The lowest BCUT2D eigenvalue weighted by molar-refractivity contribution is -0.134. The molecule has 3 fully saturated rings. The highest BCUT2D eigenvalue weighted by atomic mass is 16.5. The van der Waals surface area contributed by atoms with Crippen molar-refractivity contribution in [2.45, 2.75) is 57.2 Å². The van der Waals surface area contributed by atoms with Crippen molar-refractivity contribution in [1.82, 2.24) is 15.1 Å². The molecule has 0 unspecified atom stereocenters. The molecular formula is C25H37N3O4. The Bertz CT molecular complexity index is 726. The van der Waals surface area contributed by atoms with Crippen LogP contribution in [0.2, 0.25) is 0 Å². The van der Waals surface area contributed by atoms with E-state index >= 15 is 0 Å². The van der Waals surface area contributed by atoms with Crippen LogP contribution in [0, 0.1) is 5.92 Å². The topological polar surface area (TPSA) is 71.1 Å². The zero-order chi connectivity index (χ0) is 22.2. The van der Waals surface area contributed by atoms with E-state index in [1.54, 1.807) is 0 Å². The molecule has 1 aromatic rings. The monoisotopic (exact) mass is 443 g/mol. The second-order valence-corrected chi connectivity index (χ2v) is 9.24. The van der Waals surface area contributed by atoms with Gasteiger partial charge in [-0.1, -0.05) is 30.3 Å². The molecule has 2 heterocycles. The minimum atomic E-state index is -0.0716. The Morgan fingerprint density at radius 1 is 1.00 bits per heavy atom. The summed E-state index contributed by atoms with van der Waals surface area (Å²) >= 11 is 0. The van der Waals surface area contributed by atoms with E-state index in [4.69, 9.17) is 9.47 Å². The van der Waals surface area contributed by atoms with Crippen LogP contribution in [0.4, 0.5) is 0 Å². The SMILES string of the molecule is O=C(COCc1ccccc1)NCCN(C1CCOCC1)C1CCN(C(=O)C2CC2)CC1. The van der Waals surface area contributed by atoms with E-state index in [0.717, 1.165) is 76.9 Å². The fraction of sp³-hybridized carbons (Fsp3) is 0.680. The number of benzene rings is 1. The van der Waals surface area contributed by atoms with E-state index in [9.17, 15) is 9.59 Å². The summed E-state index contributed by atoms with van der Waals surface area (Å²) in [4.78, 5) is 29.3. The molecule has 3 aliphatic rings. The molecule has 7 heteroatoms. The lowest BCUT2D eigenvalue weighted by atomic mass is 9.97. The molecule has 0 radical (unpaired) electrons. The van der Waals surface area contributed by atoms with Gasteiger partial charge in [-0.2, -0.15) is 0 Å². The number of piperidine rings is 1. The summed E-state index contributed by atoms with van der Waals surface area (Å²) in [6.07, 6.45) is 6.25. The van der Waals surface area contributed by atoms with Gasteiger partial charge < -0.3 is 19.7 Å². The average Bonchev–Trinajstić information content (AvgIpc) is 3.68. The van der Waals surface area contributed by atoms with E-state index in [0.29, 0.717) is 37.1 Å². The first-order valence-corrected chi connectivity index (χ1v) is 12.2. The number of amides is 2. The van der Waals surface area contributed by atoms with Crippen LogP contribution in [0.5, 0.6) is 0 Å². The fourth-order valence-electron chi connectivity index (χ4n) is 4.90. The number of nitrogens with zero attached hydrogens (tertiary/aromatic N) is 2. The Kier molecular flexibility index (Phi) is 8.54. The molecule has 2 saturated heterocycles. The summed E-state index contributed by atoms with van der Waals surface area (Å²) in [6, 6.07) is 10.8. The number of ether oxygens (including phenoxy) is 2. The van der Waals surface area contributed by atoms with Gasteiger partial charge in [-0.3, -0.25) is 14.5 Å². The molecule has 32 heavy (non-hydrogen) atoms. The van der Waals surface area contributed by atoms with E-state index in [1.807, 2.05) is 30.3 Å². The molecule has 1 aliphatic carbocycles. The van der Waals surface area contributed by atoms with Gasteiger partial charge in [0.2, 0.25) is 11.8 Å². The van der Waals surface area contributed by atoms with Crippen LogP contribution < -0.4 is 5.32 Å². The predicted octanol–water partition coefficient (Wildman–Crippen LogP) is 2.20. The summed E-state index contributed by atoms with van der Waals surface area (Å²) in [5.41, 5.74) is 1.07. The quantitative estimate of drug-likeness (QED) is 0.600. The molecule has 0 spiro atoms. The van der Waals surface area contributed by atoms with Crippen molar-refractivity contribution in [3.05, 3.63) is 35.9 Å². The summed E-state index contributed by atoms with van der Waals surface area (Å²) in [5, 5.41) is 3.03. The summed E-state index contributed by atoms with van der Waals surface area (Å²) in [7, 11) is 0. The Hall–Kier alpha value is -1.96. The summed E-state index contributed by atoms with van der Waals surface area (Å²) < 4.78 is 11.1. The molecule has 176 valence electrons. The van der Waals surface area contributed by atoms with Gasteiger partial charge in [0, 0.05) is 57.4 Å². The largest absolute Gasteiger partial charge is 0.381 e. The normalized spacial score (nSPS) is 20.5. The smallest absolute Gasteiger partial charge is 0.246 e. The first-order valence-electron chi connectivity index (χ1n) is 12.2. The lowest BCUT2D eigenvalue weighted by Crippen LogP contribution is -2.53. The van der Waals surface area contributed by atoms with Crippen molar-refractivity contribution in [3.8, 4) is 0 Å². The third-order valence-electron chi connectivity index (χ3n) is 6.87. The maximum atomic E-state index is 12.4. The number of carbonyl (C=O) groups is 2. The van der Waals surface area contributed by atoms with Gasteiger partial charge in [-0.05, 0) is 44.1 Å². The molecule has 4 rings (SSSR count). The van der Waals surface area contributed by atoms with Crippen molar-refractivity contribution in [3.63, 3.8) is 0 Å². The van der Waals surface area contributed by atoms with Crippen LogP contribution in [0.3, 0.4) is 0 Å². The second-order valence-electron chi connectivity index (χ2n) is 9.24. The van der Waals surface area contributed by atoms with E-state index in [2.05, 4.69) is 15.1 Å². The van der Waals surface area contributed by atoms with Gasteiger partial charge in [0.1, 0.15) is 6.61 Å². The van der Waals surface area contributed by atoms with Gasteiger partial charge in [0.05, 0.1) is 6.61 Å². The standard InChI is InChI=1S/C25H37N3O4/c29-24(19-32-18-20-4-2-1-3-5-20)26-12-15-28(23-10-16-31-17-11-23)22-8-13-27(14-9-22)25(30)21-6-7-21/h1-5,21-23H,6-19H2,(H,26,29). The Morgan fingerprint density at radius 3 is 2.38 bits per heavy atom. The highest BCUT2D eigenvalue weighted by Crippen LogP contribution is 2.32. The minimum Gasteiger partial charge on any atom is -0.381 e. The molecule has 0 atom stereocenters. The van der Waals surface area contributed by atoms with Crippen LogP contribution >= 0.6 is 0 Å². The van der Waals surface area contributed by atoms with Gasteiger partial charge in [-0.25, -0.2) is 0 Å². The average molecular weight is 444 g/mol. The number of hydrogen-bond acceptors (Lipinski definition) is 5. The molecule has 0 bridgehead atoms.